The van der Waals surface area contributed by atoms with Gasteiger partial charge in [0.15, 0.2) is 0 Å². The summed E-state index contributed by atoms with van der Waals surface area (Å²) >= 11 is 0. The average molecular weight is 296 g/mol. The minimum atomic E-state index is -0.129. The van der Waals surface area contributed by atoms with E-state index < -0.39 is 0 Å². The molecular formula is C20H24O2. The smallest absolute Gasteiger partial charge is 0.120 e. The Bertz CT molecular complexity index is 587. The molecule has 0 aromatic heterocycles. The molecule has 0 aliphatic rings. The summed E-state index contributed by atoms with van der Waals surface area (Å²) in [5.41, 5.74) is 2.00. The molecule has 0 atom stereocenters. The number of aromatic hydroxyl groups is 1. The molecule has 2 aromatic carbocycles. The first-order valence-electron chi connectivity index (χ1n) is 7.17. The van der Waals surface area contributed by atoms with Gasteiger partial charge in [-0.3, -0.25) is 0 Å². The van der Waals surface area contributed by atoms with Crippen LogP contribution in [-0.4, -0.2) is 10.7 Å². The van der Waals surface area contributed by atoms with Gasteiger partial charge in [0.25, 0.3) is 0 Å². The first-order valence-corrected chi connectivity index (χ1v) is 7.17. The molecule has 0 heterocycles. The molecular weight excluding hydrogens is 272 g/mol. The van der Waals surface area contributed by atoms with Gasteiger partial charge in [-0.1, -0.05) is 49.6 Å². The van der Waals surface area contributed by atoms with Crippen LogP contribution in [0.4, 0.5) is 0 Å². The SMILES string of the molecule is C=Cc1ccc(O)cc1.C=Cc1ccc(OC(C)(C)C)cc1. The van der Waals surface area contributed by atoms with E-state index in [2.05, 4.69) is 13.2 Å². The van der Waals surface area contributed by atoms with Crippen LogP contribution in [0, 0.1) is 0 Å². The van der Waals surface area contributed by atoms with Crippen LogP contribution in [0.1, 0.15) is 31.9 Å². The van der Waals surface area contributed by atoms with Gasteiger partial charge >= 0.3 is 0 Å². The van der Waals surface area contributed by atoms with Crippen LogP contribution in [-0.2, 0) is 0 Å². The fourth-order valence-corrected chi connectivity index (χ4v) is 1.64. The third-order valence-electron chi connectivity index (χ3n) is 2.67. The van der Waals surface area contributed by atoms with Gasteiger partial charge in [0.05, 0.1) is 0 Å². The highest BCUT2D eigenvalue weighted by atomic mass is 16.5. The number of phenolic OH excluding ortho intramolecular Hbond substituents is 1. The minimum absolute atomic E-state index is 0.129. The van der Waals surface area contributed by atoms with Crippen LogP contribution in [0.5, 0.6) is 11.5 Å². The average Bonchev–Trinajstić information content (AvgIpc) is 2.48. The minimum Gasteiger partial charge on any atom is -0.508 e. The Balaban J connectivity index is 0.000000235. The van der Waals surface area contributed by atoms with Crippen LogP contribution in [0.3, 0.4) is 0 Å². The zero-order valence-corrected chi connectivity index (χ0v) is 13.5. The second kappa shape index (κ2) is 8.08. The summed E-state index contributed by atoms with van der Waals surface area (Å²) < 4.78 is 5.67. The summed E-state index contributed by atoms with van der Waals surface area (Å²) in [6.45, 7) is 13.4. The normalized spacial score (nSPS) is 10.1. The van der Waals surface area contributed by atoms with Crippen molar-refractivity contribution < 1.29 is 9.84 Å². The van der Waals surface area contributed by atoms with Gasteiger partial charge in [-0.25, -0.2) is 0 Å². The fourth-order valence-electron chi connectivity index (χ4n) is 1.64. The molecule has 0 bridgehead atoms. The molecule has 0 unspecified atom stereocenters. The summed E-state index contributed by atoms with van der Waals surface area (Å²) in [5, 5.41) is 8.82. The molecule has 0 amide bonds. The molecule has 0 aliphatic carbocycles. The molecule has 0 fully saturated rings. The predicted molar refractivity (Wildman–Crippen MR) is 95.1 cm³/mol. The molecule has 116 valence electrons. The van der Waals surface area contributed by atoms with Crippen LogP contribution in [0.25, 0.3) is 12.2 Å². The Labute approximate surface area is 133 Å². The van der Waals surface area contributed by atoms with Crippen molar-refractivity contribution in [3.8, 4) is 11.5 Å². The van der Waals surface area contributed by atoms with Crippen LogP contribution < -0.4 is 4.74 Å². The van der Waals surface area contributed by atoms with E-state index in [0.717, 1.165) is 16.9 Å². The van der Waals surface area contributed by atoms with E-state index >= 15 is 0 Å². The van der Waals surface area contributed by atoms with Crippen molar-refractivity contribution >= 4 is 12.2 Å². The van der Waals surface area contributed by atoms with Gasteiger partial charge < -0.3 is 9.84 Å². The Kier molecular flexibility index (Phi) is 6.46. The highest BCUT2D eigenvalue weighted by molar-refractivity contribution is 5.48. The maximum Gasteiger partial charge on any atom is 0.120 e. The highest BCUT2D eigenvalue weighted by Crippen LogP contribution is 2.18. The number of phenols is 1. The molecule has 1 N–H and O–H groups in total. The zero-order valence-electron chi connectivity index (χ0n) is 13.5. The Morgan fingerprint density at radius 1 is 0.818 bits per heavy atom. The van der Waals surface area contributed by atoms with E-state index in [0.29, 0.717) is 5.75 Å². The van der Waals surface area contributed by atoms with Crippen molar-refractivity contribution in [1.29, 1.82) is 0 Å². The molecule has 0 spiro atoms. The van der Waals surface area contributed by atoms with Crippen molar-refractivity contribution in [3.63, 3.8) is 0 Å². The molecule has 0 saturated heterocycles. The first-order chi connectivity index (χ1) is 10.3. The van der Waals surface area contributed by atoms with Crippen molar-refractivity contribution in [1.82, 2.24) is 0 Å². The topological polar surface area (TPSA) is 29.5 Å². The van der Waals surface area contributed by atoms with Gasteiger partial charge in [-0.15, -0.1) is 0 Å². The zero-order chi connectivity index (χ0) is 16.6. The summed E-state index contributed by atoms with van der Waals surface area (Å²) in [6, 6.07) is 14.8. The molecule has 2 nitrogen and oxygen atoms in total. The van der Waals surface area contributed by atoms with E-state index in [1.54, 1.807) is 18.2 Å². The van der Waals surface area contributed by atoms with E-state index in [-0.39, 0.29) is 5.60 Å². The van der Waals surface area contributed by atoms with E-state index in [9.17, 15) is 0 Å². The quantitative estimate of drug-likeness (QED) is 0.805. The third-order valence-corrected chi connectivity index (χ3v) is 2.67. The molecule has 0 radical (unpaired) electrons. The first kappa shape index (κ1) is 17.6. The molecule has 0 aliphatic heterocycles. The van der Waals surface area contributed by atoms with E-state index in [1.807, 2.05) is 63.2 Å². The van der Waals surface area contributed by atoms with Crippen molar-refractivity contribution in [2.75, 3.05) is 0 Å². The molecule has 2 aromatic rings. The van der Waals surface area contributed by atoms with Crippen molar-refractivity contribution in [2.45, 2.75) is 26.4 Å². The summed E-state index contributed by atoms with van der Waals surface area (Å²) in [5.74, 6) is 1.19. The standard InChI is InChI=1S/C12H16O.C8H8O/c1-5-10-6-8-11(9-7-10)13-12(2,3)4;1-2-7-3-5-8(9)6-4-7/h5-9H,1H2,2-4H3;2-6,9H,1H2. The maximum atomic E-state index is 8.82. The summed E-state index contributed by atoms with van der Waals surface area (Å²) in [6.07, 6.45) is 3.56. The van der Waals surface area contributed by atoms with Crippen LogP contribution in [0.15, 0.2) is 61.7 Å². The summed E-state index contributed by atoms with van der Waals surface area (Å²) in [4.78, 5) is 0. The monoisotopic (exact) mass is 296 g/mol. The summed E-state index contributed by atoms with van der Waals surface area (Å²) in [7, 11) is 0. The number of hydrogen-bond acceptors (Lipinski definition) is 2. The van der Waals surface area contributed by atoms with E-state index in [1.165, 1.54) is 0 Å². The third kappa shape index (κ3) is 6.80. The van der Waals surface area contributed by atoms with Gasteiger partial charge in [0, 0.05) is 0 Å². The molecule has 0 saturated carbocycles. The Morgan fingerprint density at radius 3 is 1.59 bits per heavy atom. The van der Waals surface area contributed by atoms with Gasteiger partial charge in [-0.2, -0.15) is 0 Å². The maximum absolute atomic E-state index is 8.82. The van der Waals surface area contributed by atoms with Gasteiger partial charge in [0.1, 0.15) is 17.1 Å². The number of benzene rings is 2. The number of rotatable bonds is 3. The number of ether oxygens (including phenoxy) is 1. The van der Waals surface area contributed by atoms with Crippen molar-refractivity contribution in [3.05, 3.63) is 72.8 Å². The predicted octanol–water partition coefficient (Wildman–Crippen LogP) is 5.54. The lowest BCUT2D eigenvalue weighted by atomic mass is 10.2. The van der Waals surface area contributed by atoms with Gasteiger partial charge in [0.2, 0.25) is 0 Å². The highest BCUT2D eigenvalue weighted by Gasteiger charge is 2.10. The van der Waals surface area contributed by atoms with Gasteiger partial charge in [-0.05, 0) is 56.2 Å². The Hall–Kier alpha value is -2.48. The molecule has 22 heavy (non-hydrogen) atoms. The molecule has 2 heteroatoms. The second-order valence-electron chi connectivity index (χ2n) is 5.78. The second-order valence-corrected chi connectivity index (χ2v) is 5.78. The largest absolute Gasteiger partial charge is 0.508 e. The number of hydrogen-bond donors (Lipinski definition) is 1. The lowest BCUT2D eigenvalue weighted by Crippen LogP contribution is -2.22. The van der Waals surface area contributed by atoms with Crippen molar-refractivity contribution in [2.24, 2.45) is 0 Å². The lowest BCUT2D eigenvalue weighted by molar-refractivity contribution is 0.131. The Morgan fingerprint density at radius 2 is 1.23 bits per heavy atom. The van der Waals surface area contributed by atoms with Crippen LogP contribution in [0.2, 0.25) is 0 Å². The lowest BCUT2D eigenvalue weighted by Gasteiger charge is -2.21. The van der Waals surface area contributed by atoms with Crippen LogP contribution >= 0.6 is 0 Å². The fraction of sp³-hybridized carbons (Fsp3) is 0.200. The van der Waals surface area contributed by atoms with E-state index in [4.69, 9.17) is 9.84 Å². The molecule has 2 rings (SSSR count).